The van der Waals surface area contributed by atoms with Crippen molar-refractivity contribution >= 4 is 5.97 Å². The van der Waals surface area contributed by atoms with Crippen LogP contribution in [0.2, 0.25) is 0 Å². The van der Waals surface area contributed by atoms with Crippen LogP contribution in [-0.4, -0.2) is 18.2 Å². The molecule has 5 heteroatoms. The number of alkyl halides is 2. The molecule has 1 aliphatic rings. The largest absolute Gasteiger partial charge is 0.465 e. The Bertz CT molecular complexity index is 443. The lowest BCUT2D eigenvalue weighted by Crippen LogP contribution is -2.08. The van der Waals surface area contributed by atoms with Gasteiger partial charge in [-0.25, -0.2) is 13.6 Å². The third kappa shape index (κ3) is 1.57. The van der Waals surface area contributed by atoms with Gasteiger partial charge in [-0.05, 0) is 17.7 Å². The zero-order valence-electron chi connectivity index (χ0n) is 8.54. The number of aliphatic hydroxyl groups is 1. The summed E-state index contributed by atoms with van der Waals surface area (Å²) in [6, 6.07) is 3.70. The van der Waals surface area contributed by atoms with Crippen molar-refractivity contribution in [1.82, 2.24) is 0 Å². The summed E-state index contributed by atoms with van der Waals surface area (Å²) < 4.78 is 31.1. The summed E-state index contributed by atoms with van der Waals surface area (Å²) in [5.41, 5.74) is 0.0542. The van der Waals surface area contributed by atoms with E-state index in [1.54, 1.807) is 0 Å². The molecule has 1 aromatic carbocycles. The number of methoxy groups -OCH3 is 1. The van der Waals surface area contributed by atoms with Gasteiger partial charge in [-0.3, -0.25) is 0 Å². The molecule has 2 rings (SSSR count). The molecule has 1 unspecified atom stereocenters. The maximum Gasteiger partial charge on any atom is 0.337 e. The van der Waals surface area contributed by atoms with Gasteiger partial charge in [-0.15, -0.1) is 0 Å². The summed E-state index contributed by atoms with van der Waals surface area (Å²) in [6.07, 6.45) is -1.86. The van der Waals surface area contributed by atoms with Gasteiger partial charge in [0.25, 0.3) is 5.92 Å². The highest BCUT2D eigenvalue weighted by atomic mass is 19.3. The van der Waals surface area contributed by atoms with Crippen LogP contribution in [0.25, 0.3) is 0 Å². The lowest BCUT2D eigenvalue weighted by atomic mass is 10.0. The number of hydrogen-bond donors (Lipinski definition) is 1. The molecule has 1 atom stereocenters. The van der Waals surface area contributed by atoms with Crippen LogP contribution in [0.3, 0.4) is 0 Å². The number of rotatable bonds is 1. The predicted molar refractivity (Wildman–Crippen MR) is 51.3 cm³/mol. The molecule has 3 nitrogen and oxygen atoms in total. The van der Waals surface area contributed by atoms with Gasteiger partial charge < -0.3 is 9.84 Å². The molecule has 0 aliphatic heterocycles. The van der Waals surface area contributed by atoms with Gasteiger partial charge in [0.2, 0.25) is 0 Å². The molecule has 0 radical (unpaired) electrons. The summed E-state index contributed by atoms with van der Waals surface area (Å²) in [5, 5.41) is 9.46. The number of fused-ring (bicyclic) bond motifs is 1. The van der Waals surface area contributed by atoms with E-state index in [4.69, 9.17) is 0 Å². The molecule has 16 heavy (non-hydrogen) atoms. The van der Waals surface area contributed by atoms with Crippen LogP contribution in [-0.2, 0) is 10.7 Å². The molecule has 86 valence electrons. The molecule has 0 fully saturated rings. The summed E-state index contributed by atoms with van der Waals surface area (Å²) in [6.45, 7) is 0. The first-order valence-electron chi connectivity index (χ1n) is 4.74. The van der Waals surface area contributed by atoms with Crippen molar-refractivity contribution < 1.29 is 23.4 Å². The van der Waals surface area contributed by atoms with E-state index in [0.29, 0.717) is 0 Å². The lowest BCUT2D eigenvalue weighted by Gasteiger charge is -2.09. The molecule has 0 bridgehead atoms. The average molecular weight is 228 g/mol. The van der Waals surface area contributed by atoms with Gasteiger partial charge in [0.1, 0.15) is 0 Å². The minimum absolute atomic E-state index is 0.105. The minimum atomic E-state index is -3.02. The lowest BCUT2D eigenvalue weighted by molar-refractivity contribution is -0.0294. The average Bonchev–Trinajstić information content (AvgIpc) is 2.48. The summed E-state index contributed by atoms with van der Waals surface area (Å²) in [7, 11) is 1.21. The number of hydrogen-bond acceptors (Lipinski definition) is 3. The Morgan fingerprint density at radius 1 is 1.56 bits per heavy atom. The molecule has 0 aromatic heterocycles. The fourth-order valence-corrected chi connectivity index (χ4v) is 1.88. The fraction of sp³-hybridized carbons (Fsp3) is 0.364. The predicted octanol–water partition coefficient (Wildman–Crippen LogP) is 2.00. The summed E-state index contributed by atoms with van der Waals surface area (Å²) in [4.78, 5) is 11.2. The Morgan fingerprint density at radius 3 is 2.88 bits per heavy atom. The van der Waals surface area contributed by atoms with E-state index < -0.39 is 24.4 Å². The standard InChI is InChI=1S/C11H10F2O3/c1-16-10(15)6-2-3-8-7(4-6)9(14)5-11(8,12)13/h2-4,9,14H,5H2,1H3. The van der Waals surface area contributed by atoms with E-state index in [0.717, 1.165) is 6.07 Å². The summed E-state index contributed by atoms with van der Waals surface area (Å²) >= 11 is 0. The Morgan fingerprint density at radius 2 is 2.25 bits per heavy atom. The van der Waals surface area contributed by atoms with Gasteiger partial charge in [0.05, 0.1) is 18.8 Å². The first-order valence-corrected chi connectivity index (χ1v) is 4.74. The van der Waals surface area contributed by atoms with E-state index in [2.05, 4.69) is 4.74 Å². The number of carbonyl (C=O) groups excluding carboxylic acids is 1. The number of benzene rings is 1. The molecular formula is C11H10F2O3. The molecule has 1 aromatic rings. The topological polar surface area (TPSA) is 46.5 Å². The summed E-state index contributed by atoms with van der Waals surface area (Å²) in [5.74, 6) is -3.63. The van der Waals surface area contributed by atoms with E-state index >= 15 is 0 Å². The van der Waals surface area contributed by atoms with Crippen molar-refractivity contribution in [3.8, 4) is 0 Å². The first kappa shape index (κ1) is 11.0. The van der Waals surface area contributed by atoms with Crippen molar-refractivity contribution in [2.75, 3.05) is 7.11 Å². The zero-order chi connectivity index (χ0) is 11.9. The molecular weight excluding hydrogens is 218 g/mol. The van der Waals surface area contributed by atoms with Crippen LogP contribution >= 0.6 is 0 Å². The normalized spacial score (nSPS) is 21.6. The number of halogens is 2. The SMILES string of the molecule is COC(=O)c1ccc2c(c1)C(O)CC2(F)F. The van der Waals surface area contributed by atoms with Crippen molar-refractivity contribution in [3.05, 3.63) is 34.9 Å². The Kier molecular flexibility index (Phi) is 2.42. The quantitative estimate of drug-likeness (QED) is 0.748. The Hall–Kier alpha value is -1.49. The number of aliphatic hydroxyl groups excluding tert-OH is 1. The van der Waals surface area contributed by atoms with Crippen molar-refractivity contribution in [1.29, 1.82) is 0 Å². The highest BCUT2D eigenvalue weighted by Gasteiger charge is 2.44. The van der Waals surface area contributed by atoms with Crippen molar-refractivity contribution in [3.63, 3.8) is 0 Å². The van der Waals surface area contributed by atoms with Gasteiger partial charge in [-0.2, -0.15) is 0 Å². The van der Waals surface area contributed by atoms with Gasteiger partial charge >= 0.3 is 5.97 Å². The molecule has 0 saturated heterocycles. The second-order valence-electron chi connectivity index (χ2n) is 3.72. The third-order valence-electron chi connectivity index (χ3n) is 2.68. The molecule has 1 N–H and O–H groups in total. The highest BCUT2D eigenvalue weighted by molar-refractivity contribution is 5.89. The number of esters is 1. The van der Waals surface area contributed by atoms with E-state index in [9.17, 15) is 18.7 Å². The first-order chi connectivity index (χ1) is 7.45. The van der Waals surface area contributed by atoms with Crippen LogP contribution in [0.1, 0.15) is 34.0 Å². The number of ether oxygens (including phenoxy) is 1. The highest BCUT2D eigenvalue weighted by Crippen LogP contribution is 2.47. The van der Waals surface area contributed by atoms with E-state index in [1.165, 1.54) is 19.2 Å². The van der Waals surface area contributed by atoms with E-state index in [1.807, 2.05) is 0 Å². The second kappa shape index (κ2) is 3.52. The van der Waals surface area contributed by atoms with Crippen LogP contribution < -0.4 is 0 Å². The van der Waals surface area contributed by atoms with Crippen LogP contribution in [0, 0.1) is 0 Å². The van der Waals surface area contributed by atoms with Crippen molar-refractivity contribution in [2.45, 2.75) is 18.4 Å². The second-order valence-corrected chi connectivity index (χ2v) is 3.72. The smallest absolute Gasteiger partial charge is 0.337 e. The van der Waals surface area contributed by atoms with E-state index in [-0.39, 0.29) is 16.7 Å². The number of carbonyl (C=O) groups is 1. The monoisotopic (exact) mass is 228 g/mol. The van der Waals surface area contributed by atoms with Gasteiger partial charge in [0.15, 0.2) is 0 Å². The maximum absolute atomic E-state index is 13.3. The molecule has 0 spiro atoms. The molecule has 1 aliphatic carbocycles. The maximum atomic E-state index is 13.3. The zero-order valence-corrected chi connectivity index (χ0v) is 8.54. The Balaban J connectivity index is 2.48. The Labute approximate surface area is 90.7 Å². The molecule has 0 saturated carbocycles. The van der Waals surface area contributed by atoms with Gasteiger partial charge in [-0.1, -0.05) is 6.07 Å². The molecule has 0 heterocycles. The van der Waals surface area contributed by atoms with Crippen LogP contribution in [0.15, 0.2) is 18.2 Å². The van der Waals surface area contributed by atoms with Crippen LogP contribution in [0.5, 0.6) is 0 Å². The third-order valence-corrected chi connectivity index (χ3v) is 2.68. The fourth-order valence-electron chi connectivity index (χ4n) is 1.88. The molecule has 0 amide bonds. The van der Waals surface area contributed by atoms with Crippen LogP contribution in [0.4, 0.5) is 8.78 Å². The van der Waals surface area contributed by atoms with Crippen molar-refractivity contribution in [2.24, 2.45) is 0 Å². The van der Waals surface area contributed by atoms with Gasteiger partial charge in [0, 0.05) is 12.0 Å². The minimum Gasteiger partial charge on any atom is -0.465 e.